The maximum atomic E-state index is 13.1. The van der Waals surface area contributed by atoms with Gasteiger partial charge in [0.1, 0.15) is 17.2 Å². The van der Waals surface area contributed by atoms with E-state index >= 15 is 0 Å². The molecule has 4 aromatic rings. The fourth-order valence-corrected chi connectivity index (χ4v) is 3.33. The number of fused-ring (bicyclic) bond motifs is 1. The van der Waals surface area contributed by atoms with Crippen LogP contribution in [0.3, 0.4) is 0 Å². The van der Waals surface area contributed by atoms with Gasteiger partial charge in [-0.15, -0.1) is 0 Å². The maximum absolute atomic E-state index is 13.1. The second-order valence-corrected chi connectivity index (χ2v) is 6.96. The Bertz CT molecular complexity index is 1260. The van der Waals surface area contributed by atoms with Crippen LogP contribution in [0.15, 0.2) is 71.8 Å². The number of hydrogen-bond donors (Lipinski definition) is 1. The minimum absolute atomic E-state index is 0.181. The number of aromatic nitrogens is 3. The van der Waals surface area contributed by atoms with Gasteiger partial charge in [0.05, 0.1) is 12.2 Å². The highest BCUT2D eigenvalue weighted by atomic mass is 16.5. The van der Waals surface area contributed by atoms with E-state index in [1.54, 1.807) is 13.3 Å². The number of carbonyl (C=O) groups is 1. The second kappa shape index (κ2) is 8.34. The average Bonchev–Trinajstić information content (AvgIpc) is 3.13. The van der Waals surface area contributed by atoms with E-state index in [9.17, 15) is 9.59 Å². The normalized spacial score (nSPS) is 11.0. The summed E-state index contributed by atoms with van der Waals surface area (Å²) >= 11 is 0. The number of nitrogens with one attached hydrogen (secondary N) is 1. The Morgan fingerprint density at radius 3 is 2.67 bits per heavy atom. The summed E-state index contributed by atoms with van der Waals surface area (Å²) in [6.45, 7) is 2.74. The summed E-state index contributed by atoms with van der Waals surface area (Å²) in [7, 11) is 1.57. The van der Waals surface area contributed by atoms with E-state index in [0.29, 0.717) is 30.2 Å². The van der Waals surface area contributed by atoms with Crippen LogP contribution >= 0.6 is 0 Å². The summed E-state index contributed by atoms with van der Waals surface area (Å²) in [6, 6.07) is 16.5. The first-order valence-corrected chi connectivity index (χ1v) is 9.62. The fourth-order valence-electron chi connectivity index (χ4n) is 3.33. The first kappa shape index (κ1) is 19.6. The lowest BCUT2D eigenvalue weighted by atomic mass is 10.1. The number of nitrogens with zero attached hydrogens (tertiary/aromatic N) is 3. The molecule has 152 valence electrons. The van der Waals surface area contributed by atoms with Crippen molar-refractivity contribution in [3.05, 3.63) is 88.5 Å². The zero-order chi connectivity index (χ0) is 21.1. The average molecular weight is 402 g/mol. The summed E-state index contributed by atoms with van der Waals surface area (Å²) in [6.07, 6.45) is 3.42. The number of pyridine rings is 2. The van der Waals surface area contributed by atoms with Crippen LogP contribution in [0.2, 0.25) is 0 Å². The Balaban J connectivity index is 1.76. The van der Waals surface area contributed by atoms with Gasteiger partial charge in [-0.05, 0) is 24.6 Å². The van der Waals surface area contributed by atoms with Crippen LogP contribution < -0.4 is 10.9 Å². The number of benzene rings is 1. The number of ether oxygens (including phenoxy) is 1. The SMILES string of the molecule is COCCn1cc(C(=O)Nc2c(-c3ccccc3)nc3c(C)cccn23)ccc1=O. The molecule has 30 heavy (non-hydrogen) atoms. The summed E-state index contributed by atoms with van der Waals surface area (Å²) in [5.41, 5.74) is 3.57. The molecule has 1 amide bonds. The lowest BCUT2D eigenvalue weighted by Crippen LogP contribution is -2.24. The van der Waals surface area contributed by atoms with Crippen LogP contribution in [0.1, 0.15) is 15.9 Å². The molecule has 1 aromatic carbocycles. The highest BCUT2D eigenvalue weighted by Gasteiger charge is 2.18. The molecule has 1 N–H and O–H groups in total. The number of rotatable bonds is 6. The summed E-state index contributed by atoms with van der Waals surface area (Å²) in [5, 5.41) is 2.99. The quantitative estimate of drug-likeness (QED) is 0.536. The van der Waals surface area contributed by atoms with E-state index in [1.165, 1.54) is 16.7 Å². The Kier molecular flexibility index (Phi) is 5.45. The predicted molar refractivity (Wildman–Crippen MR) is 116 cm³/mol. The van der Waals surface area contributed by atoms with Gasteiger partial charge in [-0.2, -0.15) is 0 Å². The number of hydrogen-bond acceptors (Lipinski definition) is 4. The predicted octanol–water partition coefficient (Wildman–Crippen LogP) is 3.37. The van der Waals surface area contributed by atoms with E-state index in [4.69, 9.17) is 9.72 Å². The third kappa shape index (κ3) is 3.75. The van der Waals surface area contributed by atoms with Crippen molar-refractivity contribution in [2.75, 3.05) is 19.0 Å². The zero-order valence-electron chi connectivity index (χ0n) is 16.8. The lowest BCUT2D eigenvalue weighted by molar-refractivity contribution is 0.102. The molecule has 7 nitrogen and oxygen atoms in total. The third-order valence-corrected chi connectivity index (χ3v) is 4.91. The molecule has 0 saturated carbocycles. The molecule has 0 aliphatic rings. The Morgan fingerprint density at radius 1 is 1.10 bits per heavy atom. The van der Waals surface area contributed by atoms with Gasteiger partial charge in [0.25, 0.3) is 11.5 Å². The van der Waals surface area contributed by atoms with Crippen molar-refractivity contribution in [2.45, 2.75) is 13.5 Å². The minimum atomic E-state index is -0.318. The first-order valence-electron chi connectivity index (χ1n) is 9.62. The summed E-state index contributed by atoms with van der Waals surface area (Å²) in [4.78, 5) is 29.9. The van der Waals surface area contributed by atoms with Crippen LogP contribution in [0.5, 0.6) is 0 Å². The topological polar surface area (TPSA) is 77.6 Å². The van der Waals surface area contributed by atoms with E-state index in [2.05, 4.69) is 5.32 Å². The fraction of sp³-hybridized carbons (Fsp3) is 0.174. The van der Waals surface area contributed by atoms with Crippen molar-refractivity contribution in [3.8, 4) is 11.3 Å². The van der Waals surface area contributed by atoms with Crippen molar-refractivity contribution in [2.24, 2.45) is 0 Å². The molecular formula is C23H22N4O3. The molecule has 0 spiro atoms. The van der Waals surface area contributed by atoms with Crippen molar-refractivity contribution < 1.29 is 9.53 Å². The number of amides is 1. The maximum Gasteiger partial charge on any atom is 0.258 e. The van der Waals surface area contributed by atoms with Crippen molar-refractivity contribution in [1.82, 2.24) is 14.0 Å². The molecule has 0 aliphatic heterocycles. The minimum Gasteiger partial charge on any atom is -0.383 e. The number of aryl methyl sites for hydroxylation is 1. The van der Waals surface area contributed by atoms with E-state index < -0.39 is 0 Å². The molecule has 0 fully saturated rings. The van der Waals surface area contributed by atoms with E-state index in [0.717, 1.165) is 16.8 Å². The molecule has 4 rings (SSSR count). The standard InChI is InChI=1S/C23H22N4O3/c1-16-7-6-12-27-21(16)24-20(17-8-4-3-5-9-17)22(27)25-23(29)18-10-11-19(28)26(15-18)13-14-30-2/h3-12,15H,13-14H2,1-2H3,(H,25,29). The molecule has 0 atom stereocenters. The number of carbonyl (C=O) groups excluding carboxylic acids is 1. The molecule has 7 heteroatoms. The number of imidazole rings is 1. The van der Waals surface area contributed by atoms with Gasteiger partial charge in [0.15, 0.2) is 0 Å². The van der Waals surface area contributed by atoms with Gasteiger partial charge < -0.3 is 14.6 Å². The van der Waals surface area contributed by atoms with Crippen LogP contribution in [0.4, 0.5) is 5.82 Å². The molecule has 3 heterocycles. The Labute approximate surface area is 173 Å². The van der Waals surface area contributed by atoms with E-state index in [-0.39, 0.29) is 11.5 Å². The summed E-state index contributed by atoms with van der Waals surface area (Å²) < 4.78 is 8.38. The molecular weight excluding hydrogens is 380 g/mol. The van der Waals surface area contributed by atoms with Crippen LogP contribution in [0.25, 0.3) is 16.9 Å². The number of methoxy groups -OCH3 is 1. The van der Waals surface area contributed by atoms with Crippen molar-refractivity contribution in [3.63, 3.8) is 0 Å². The smallest absolute Gasteiger partial charge is 0.258 e. The molecule has 0 bridgehead atoms. The zero-order valence-corrected chi connectivity index (χ0v) is 16.8. The van der Waals surface area contributed by atoms with Gasteiger partial charge in [0.2, 0.25) is 0 Å². The highest BCUT2D eigenvalue weighted by Crippen LogP contribution is 2.30. The molecule has 0 unspecified atom stereocenters. The second-order valence-electron chi connectivity index (χ2n) is 6.96. The van der Waals surface area contributed by atoms with Gasteiger partial charge in [-0.25, -0.2) is 4.98 Å². The van der Waals surface area contributed by atoms with Crippen molar-refractivity contribution >= 4 is 17.4 Å². The van der Waals surface area contributed by atoms with Gasteiger partial charge in [0, 0.05) is 37.7 Å². The monoisotopic (exact) mass is 402 g/mol. The highest BCUT2D eigenvalue weighted by molar-refractivity contribution is 6.05. The van der Waals surface area contributed by atoms with Crippen LogP contribution in [0, 0.1) is 6.92 Å². The molecule has 0 saturated heterocycles. The van der Waals surface area contributed by atoms with Crippen LogP contribution in [-0.2, 0) is 11.3 Å². The Hall–Kier alpha value is -3.71. The van der Waals surface area contributed by atoms with Crippen molar-refractivity contribution in [1.29, 1.82) is 0 Å². The van der Waals surface area contributed by atoms with Gasteiger partial charge in [-0.3, -0.25) is 14.0 Å². The molecule has 0 radical (unpaired) electrons. The summed E-state index contributed by atoms with van der Waals surface area (Å²) in [5.74, 6) is 0.265. The van der Waals surface area contributed by atoms with Crippen LogP contribution in [-0.4, -0.2) is 33.6 Å². The largest absolute Gasteiger partial charge is 0.383 e. The molecule has 3 aromatic heterocycles. The lowest BCUT2D eigenvalue weighted by Gasteiger charge is -2.10. The van der Waals surface area contributed by atoms with Gasteiger partial charge in [-0.1, -0.05) is 36.4 Å². The first-order chi connectivity index (χ1) is 14.6. The third-order valence-electron chi connectivity index (χ3n) is 4.91. The Morgan fingerprint density at radius 2 is 1.90 bits per heavy atom. The van der Waals surface area contributed by atoms with E-state index in [1.807, 2.05) is 60.0 Å². The number of anilines is 1. The molecule has 0 aliphatic carbocycles. The van der Waals surface area contributed by atoms with Gasteiger partial charge >= 0.3 is 0 Å².